The van der Waals surface area contributed by atoms with E-state index in [0.29, 0.717) is 0 Å². The molecule has 10 heteroatoms. The first kappa shape index (κ1) is 16.6. The van der Waals surface area contributed by atoms with Gasteiger partial charge in [-0.3, -0.25) is 14.9 Å². The van der Waals surface area contributed by atoms with Crippen LogP contribution < -0.4 is 9.47 Å². The molecule has 0 aromatic heterocycles. The summed E-state index contributed by atoms with van der Waals surface area (Å²) in [5.74, 6) is -0.563. The molecule has 1 aliphatic rings. The second-order valence-electron chi connectivity index (χ2n) is 4.95. The highest BCUT2D eigenvalue weighted by Crippen LogP contribution is 2.46. The zero-order chi connectivity index (χ0) is 18.2. The van der Waals surface area contributed by atoms with Gasteiger partial charge in [-0.2, -0.15) is 0 Å². The molecule has 1 heterocycles. The largest absolute Gasteiger partial charge is 0.536 e. The maximum atomic E-state index is 13.7. The van der Waals surface area contributed by atoms with Crippen LogP contribution in [-0.2, 0) is 4.74 Å². The van der Waals surface area contributed by atoms with E-state index in [1.807, 2.05) is 0 Å². The van der Waals surface area contributed by atoms with Gasteiger partial charge in [0.2, 0.25) is 0 Å². The Morgan fingerprint density at radius 1 is 1.24 bits per heavy atom. The number of nitro groups is 1. The summed E-state index contributed by atoms with van der Waals surface area (Å²) in [4.78, 5) is 21.1. The van der Waals surface area contributed by atoms with Crippen LogP contribution in [0.3, 0.4) is 0 Å². The van der Waals surface area contributed by atoms with Gasteiger partial charge in [0.1, 0.15) is 17.6 Å². The Balaban J connectivity index is 2.18. The van der Waals surface area contributed by atoms with Gasteiger partial charge in [-0.25, -0.2) is 4.79 Å². The van der Waals surface area contributed by atoms with Crippen molar-refractivity contribution < 1.29 is 37.8 Å². The number of nitrogens with zero attached hydrogens (tertiary/aromatic N) is 1. The lowest BCUT2D eigenvalue weighted by molar-refractivity contribution is -0.385. The van der Waals surface area contributed by atoms with Crippen molar-refractivity contribution in [2.24, 2.45) is 0 Å². The lowest BCUT2D eigenvalue weighted by Gasteiger charge is -2.31. The summed E-state index contributed by atoms with van der Waals surface area (Å²) in [6.45, 7) is 0. The molecule has 25 heavy (non-hydrogen) atoms. The zero-order valence-electron chi connectivity index (χ0n) is 12.2. The van der Waals surface area contributed by atoms with Crippen molar-refractivity contribution in [2.45, 2.75) is 12.4 Å². The molecule has 1 unspecified atom stereocenters. The molecule has 0 amide bonds. The van der Waals surface area contributed by atoms with E-state index < -0.39 is 29.2 Å². The molecule has 2 aromatic carbocycles. The molecule has 2 aromatic rings. The van der Waals surface area contributed by atoms with Crippen LogP contribution in [0.4, 0.5) is 19.3 Å². The van der Waals surface area contributed by atoms with Crippen molar-refractivity contribution in [3.8, 4) is 11.5 Å². The summed E-state index contributed by atoms with van der Waals surface area (Å²) in [6.07, 6.45) is -7.25. The van der Waals surface area contributed by atoms with E-state index in [2.05, 4.69) is 14.2 Å². The van der Waals surface area contributed by atoms with Crippen LogP contribution in [0.15, 0.2) is 42.5 Å². The number of benzene rings is 2. The molecule has 130 valence electrons. The van der Waals surface area contributed by atoms with E-state index in [9.17, 15) is 23.7 Å². The van der Waals surface area contributed by atoms with E-state index in [-0.39, 0.29) is 22.6 Å². The highest BCUT2D eigenvalue weighted by molar-refractivity contribution is 5.63. The Hall–Kier alpha value is -3.27. The number of nitro benzene ring substituents is 1. The minimum Gasteiger partial charge on any atom is -0.449 e. The molecule has 3 rings (SSSR count). The van der Waals surface area contributed by atoms with Crippen LogP contribution >= 0.6 is 0 Å². The van der Waals surface area contributed by atoms with E-state index in [1.165, 1.54) is 24.3 Å². The third-order valence-corrected chi connectivity index (χ3v) is 3.37. The number of non-ortho nitro benzene ring substituents is 1. The summed E-state index contributed by atoms with van der Waals surface area (Å²) in [5, 5.41) is 19.8. The van der Waals surface area contributed by atoms with Crippen molar-refractivity contribution in [1.29, 1.82) is 0 Å². The SMILES string of the molecule is O=C(O)Oc1ccc([N+](=O)[O-])cc1C1OC(F)(F)Oc2ccccc21. The van der Waals surface area contributed by atoms with Gasteiger partial charge < -0.3 is 14.6 Å². The van der Waals surface area contributed by atoms with Crippen LogP contribution in [0.25, 0.3) is 0 Å². The number of carbonyl (C=O) groups is 1. The average Bonchev–Trinajstić information content (AvgIpc) is 2.53. The Labute approximate surface area is 138 Å². The number of hydrogen-bond acceptors (Lipinski definition) is 6. The van der Waals surface area contributed by atoms with E-state index in [0.717, 1.165) is 18.2 Å². The third-order valence-electron chi connectivity index (χ3n) is 3.37. The maximum absolute atomic E-state index is 13.7. The molecular formula is C15H9F2NO7. The fraction of sp³-hybridized carbons (Fsp3) is 0.133. The zero-order valence-corrected chi connectivity index (χ0v) is 12.2. The van der Waals surface area contributed by atoms with E-state index in [4.69, 9.17) is 5.11 Å². The van der Waals surface area contributed by atoms with Crippen molar-refractivity contribution in [3.63, 3.8) is 0 Å². The summed E-state index contributed by atoms with van der Waals surface area (Å²) >= 11 is 0. The molecule has 1 aliphatic heterocycles. The van der Waals surface area contributed by atoms with Gasteiger partial charge in [-0.05, 0) is 12.1 Å². The van der Waals surface area contributed by atoms with Gasteiger partial charge in [0, 0.05) is 23.3 Å². The summed E-state index contributed by atoms with van der Waals surface area (Å²) < 4.78 is 41.0. The van der Waals surface area contributed by atoms with Crippen LogP contribution in [0.2, 0.25) is 0 Å². The number of carboxylic acid groups (broad SMARTS) is 1. The van der Waals surface area contributed by atoms with Crippen molar-refractivity contribution in [3.05, 3.63) is 63.7 Å². The molecule has 8 nitrogen and oxygen atoms in total. The molecule has 0 aliphatic carbocycles. The topological polar surface area (TPSA) is 108 Å². The van der Waals surface area contributed by atoms with E-state index >= 15 is 0 Å². The highest BCUT2D eigenvalue weighted by Gasteiger charge is 2.45. The van der Waals surface area contributed by atoms with Crippen LogP contribution in [0.5, 0.6) is 11.5 Å². The fourth-order valence-electron chi connectivity index (χ4n) is 2.42. The standard InChI is InChI=1S/C15H9F2NO7/c16-15(17)24-12-4-2-1-3-9(12)13(25-15)10-7-8(18(21)22)5-6-11(10)23-14(19)20/h1-7,13H,(H,19,20). The molecule has 0 saturated carbocycles. The van der Waals surface area contributed by atoms with Gasteiger partial charge in [0.05, 0.1) is 4.92 Å². The second kappa shape index (κ2) is 5.98. The molecule has 1 atom stereocenters. The Bertz CT molecular complexity index is 856. The fourth-order valence-corrected chi connectivity index (χ4v) is 2.42. The smallest absolute Gasteiger partial charge is 0.449 e. The minimum absolute atomic E-state index is 0.143. The average molecular weight is 353 g/mol. The predicted octanol–water partition coefficient (Wildman–Crippen LogP) is 3.70. The lowest BCUT2D eigenvalue weighted by Crippen LogP contribution is -2.35. The molecule has 1 N–H and O–H groups in total. The van der Waals surface area contributed by atoms with Gasteiger partial charge in [0.25, 0.3) is 5.69 Å². The molecule has 0 spiro atoms. The quantitative estimate of drug-likeness (QED) is 0.388. The van der Waals surface area contributed by atoms with Gasteiger partial charge in [0.15, 0.2) is 0 Å². The van der Waals surface area contributed by atoms with Crippen molar-refractivity contribution in [2.75, 3.05) is 0 Å². The molecule has 0 bridgehead atoms. The first-order chi connectivity index (χ1) is 11.8. The first-order valence-electron chi connectivity index (χ1n) is 6.79. The highest BCUT2D eigenvalue weighted by atomic mass is 19.3. The summed E-state index contributed by atoms with van der Waals surface area (Å²) in [7, 11) is 0. The van der Waals surface area contributed by atoms with Crippen molar-refractivity contribution >= 4 is 11.8 Å². The molecule has 0 fully saturated rings. The molecule has 0 saturated heterocycles. The predicted molar refractivity (Wildman–Crippen MR) is 76.7 cm³/mol. The number of rotatable bonds is 3. The van der Waals surface area contributed by atoms with Crippen LogP contribution in [0, 0.1) is 10.1 Å². The normalized spacial score (nSPS) is 17.9. The van der Waals surface area contributed by atoms with Crippen LogP contribution in [-0.4, -0.2) is 22.5 Å². The second-order valence-corrected chi connectivity index (χ2v) is 4.95. The Morgan fingerprint density at radius 3 is 2.64 bits per heavy atom. The Morgan fingerprint density at radius 2 is 1.96 bits per heavy atom. The molecule has 0 radical (unpaired) electrons. The van der Waals surface area contributed by atoms with Gasteiger partial charge in [-0.1, -0.05) is 18.2 Å². The van der Waals surface area contributed by atoms with Crippen molar-refractivity contribution in [1.82, 2.24) is 0 Å². The number of para-hydroxylation sites is 1. The number of fused-ring (bicyclic) bond motifs is 1. The summed E-state index contributed by atoms with van der Waals surface area (Å²) in [6, 6.07) is 8.58. The van der Waals surface area contributed by atoms with Gasteiger partial charge in [-0.15, -0.1) is 8.78 Å². The number of halogens is 2. The number of ether oxygens (including phenoxy) is 3. The van der Waals surface area contributed by atoms with Gasteiger partial charge >= 0.3 is 12.5 Å². The first-order valence-corrected chi connectivity index (χ1v) is 6.79. The molecular weight excluding hydrogens is 344 g/mol. The monoisotopic (exact) mass is 353 g/mol. The Kier molecular flexibility index (Phi) is 3.97. The number of hydrogen-bond donors (Lipinski definition) is 1. The lowest BCUT2D eigenvalue weighted by atomic mass is 9.98. The maximum Gasteiger partial charge on any atom is 0.536 e. The summed E-state index contributed by atoms with van der Waals surface area (Å²) in [5.41, 5.74) is -0.542. The van der Waals surface area contributed by atoms with E-state index in [1.54, 1.807) is 0 Å². The minimum atomic E-state index is -4.01. The third kappa shape index (κ3) is 3.33. The van der Waals surface area contributed by atoms with Crippen LogP contribution in [0.1, 0.15) is 17.2 Å². The number of alkyl halides is 2.